The highest BCUT2D eigenvalue weighted by molar-refractivity contribution is 7.22. The summed E-state index contributed by atoms with van der Waals surface area (Å²) in [6.07, 6.45) is 12.4. The third-order valence-electron chi connectivity index (χ3n) is 7.19. The molecule has 3 rings (SSSR count). The smallest absolute Gasteiger partial charge is 0.256 e. The lowest BCUT2D eigenvalue weighted by molar-refractivity contribution is 0.0779. The largest absolute Gasteiger partial charge is 0.334 e. The van der Waals surface area contributed by atoms with Crippen LogP contribution in [0.25, 0.3) is 9.75 Å². The number of aryl methyl sites for hydroxylation is 1. The summed E-state index contributed by atoms with van der Waals surface area (Å²) in [7, 11) is 0. The molecule has 2 aromatic rings. The molecule has 4 heteroatoms. The Morgan fingerprint density at radius 3 is 2.35 bits per heavy atom. The molecule has 0 spiro atoms. The lowest BCUT2D eigenvalue weighted by atomic mass is 9.83. The predicted molar refractivity (Wildman–Crippen MR) is 138 cm³/mol. The molecule has 0 aliphatic carbocycles. The first-order chi connectivity index (χ1) is 15.0. The van der Waals surface area contributed by atoms with E-state index in [1.807, 2.05) is 16.2 Å². The molecule has 0 radical (unpaired) electrons. The van der Waals surface area contributed by atoms with Crippen LogP contribution in [0.1, 0.15) is 119 Å². The molecule has 3 heterocycles. The summed E-state index contributed by atoms with van der Waals surface area (Å²) < 4.78 is 0. The number of unbranched alkanes of at least 4 members (excludes halogenated alkanes) is 5. The van der Waals surface area contributed by atoms with E-state index in [0.29, 0.717) is 0 Å². The second-order valence-corrected chi connectivity index (χ2v) is 11.4. The molecule has 0 bridgehead atoms. The van der Waals surface area contributed by atoms with Gasteiger partial charge in [0, 0.05) is 28.3 Å². The zero-order valence-electron chi connectivity index (χ0n) is 20.3. The fraction of sp³-hybridized carbons (Fsp3) is 0.667. The van der Waals surface area contributed by atoms with E-state index in [0.717, 1.165) is 44.3 Å². The molecular weight excluding hydrogens is 418 g/mol. The van der Waals surface area contributed by atoms with Gasteiger partial charge in [0.25, 0.3) is 5.91 Å². The number of nitrogens with zero attached hydrogens (tertiary/aromatic N) is 1. The summed E-state index contributed by atoms with van der Waals surface area (Å²) in [6.45, 7) is 13.1. The average molecular weight is 460 g/mol. The van der Waals surface area contributed by atoms with Gasteiger partial charge in [0.1, 0.15) is 0 Å². The quantitative estimate of drug-likeness (QED) is 0.274. The number of rotatable bonds is 13. The third kappa shape index (κ3) is 5.27. The van der Waals surface area contributed by atoms with Crippen molar-refractivity contribution in [3.63, 3.8) is 0 Å². The van der Waals surface area contributed by atoms with Crippen LogP contribution in [-0.4, -0.2) is 17.4 Å². The van der Waals surface area contributed by atoms with Crippen molar-refractivity contribution < 1.29 is 4.79 Å². The van der Waals surface area contributed by atoms with Crippen LogP contribution in [0.2, 0.25) is 0 Å². The average Bonchev–Trinajstić information content (AvgIpc) is 3.46. The van der Waals surface area contributed by atoms with Gasteiger partial charge in [-0.3, -0.25) is 4.79 Å². The number of hydrogen-bond donors (Lipinski definition) is 0. The molecule has 0 aromatic carbocycles. The van der Waals surface area contributed by atoms with Gasteiger partial charge >= 0.3 is 0 Å². The van der Waals surface area contributed by atoms with Gasteiger partial charge in [0.05, 0.1) is 10.4 Å². The number of fused-ring (bicyclic) bond motifs is 1. The van der Waals surface area contributed by atoms with Gasteiger partial charge in [-0.1, -0.05) is 66.7 Å². The van der Waals surface area contributed by atoms with E-state index in [9.17, 15) is 4.79 Å². The molecule has 0 fully saturated rings. The molecule has 0 atom stereocenters. The van der Waals surface area contributed by atoms with E-state index >= 15 is 0 Å². The van der Waals surface area contributed by atoms with Crippen molar-refractivity contribution in [2.45, 2.75) is 111 Å². The molecule has 1 aliphatic rings. The van der Waals surface area contributed by atoms with Gasteiger partial charge in [0.2, 0.25) is 0 Å². The number of thiophene rings is 2. The standard InChI is InChI=1S/C27H41NOS2/c1-6-10-11-12-13-14-15-20-17-22(27(5,8-3)9-4)31-24(20)25-23-21(19-30-25)18-28(16-7-2)26(23)29/h17,19H,6-16,18H2,1-5H3. The van der Waals surface area contributed by atoms with Crippen molar-refractivity contribution >= 4 is 28.6 Å². The molecule has 172 valence electrons. The lowest BCUT2D eigenvalue weighted by Crippen LogP contribution is -2.24. The molecular formula is C27H41NOS2. The maximum atomic E-state index is 13.2. The van der Waals surface area contributed by atoms with Crippen molar-refractivity contribution in [2.75, 3.05) is 6.54 Å². The van der Waals surface area contributed by atoms with Gasteiger partial charge in [-0.2, -0.15) is 0 Å². The Hall–Kier alpha value is -1.13. The van der Waals surface area contributed by atoms with Crippen LogP contribution in [0.5, 0.6) is 0 Å². The normalized spacial score (nSPS) is 14.0. The maximum Gasteiger partial charge on any atom is 0.256 e. The van der Waals surface area contributed by atoms with Crippen molar-refractivity contribution in [2.24, 2.45) is 0 Å². The van der Waals surface area contributed by atoms with E-state index in [1.165, 1.54) is 64.3 Å². The highest BCUT2D eigenvalue weighted by Crippen LogP contribution is 2.47. The minimum absolute atomic E-state index is 0.234. The van der Waals surface area contributed by atoms with Crippen molar-refractivity contribution in [3.8, 4) is 9.75 Å². The van der Waals surface area contributed by atoms with Crippen LogP contribution < -0.4 is 0 Å². The summed E-state index contributed by atoms with van der Waals surface area (Å²) >= 11 is 3.76. The van der Waals surface area contributed by atoms with Crippen molar-refractivity contribution in [1.29, 1.82) is 0 Å². The molecule has 2 nitrogen and oxygen atoms in total. The fourth-order valence-corrected chi connectivity index (χ4v) is 7.34. The van der Waals surface area contributed by atoms with Crippen LogP contribution >= 0.6 is 22.7 Å². The zero-order valence-corrected chi connectivity index (χ0v) is 21.9. The van der Waals surface area contributed by atoms with Gasteiger partial charge in [-0.25, -0.2) is 0 Å². The topological polar surface area (TPSA) is 20.3 Å². The van der Waals surface area contributed by atoms with Crippen LogP contribution in [0.3, 0.4) is 0 Å². The molecule has 1 amide bonds. The minimum Gasteiger partial charge on any atom is -0.334 e. The van der Waals surface area contributed by atoms with Crippen LogP contribution in [-0.2, 0) is 18.4 Å². The van der Waals surface area contributed by atoms with E-state index in [4.69, 9.17) is 0 Å². The van der Waals surface area contributed by atoms with Gasteiger partial charge in [-0.15, -0.1) is 22.7 Å². The van der Waals surface area contributed by atoms with Gasteiger partial charge in [-0.05, 0) is 54.7 Å². The maximum absolute atomic E-state index is 13.2. The Morgan fingerprint density at radius 2 is 1.68 bits per heavy atom. The molecule has 0 saturated heterocycles. The monoisotopic (exact) mass is 459 g/mol. The first-order valence-corrected chi connectivity index (χ1v) is 14.2. The Morgan fingerprint density at radius 1 is 0.968 bits per heavy atom. The summed E-state index contributed by atoms with van der Waals surface area (Å²) in [4.78, 5) is 19.3. The highest BCUT2D eigenvalue weighted by Gasteiger charge is 2.34. The summed E-state index contributed by atoms with van der Waals surface area (Å²) in [5, 5.41) is 2.24. The van der Waals surface area contributed by atoms with E-state index in [1.54, 1.807) is 11.3 Å². The van der Waals surface area contributed by atoms with E-state index in [2.05, 4.69) is 46.1 Å². The van der Waals surface area contributed by atoms with E-state index < -0.39 is 0 Å². The number of amides is 1. The minimum atomic E-state index is 0.234. The zero-order chi connectivity index (χ0) is 22.4. The molecule has 2 aromatic heterocycles. The first kappa shape index (κ1) is 24.5. The molecule has 0 N–H and O–H groups in total. The third-order valence-corrected chi connectivity index (χ3v) is 9.87. The Balaban J connectivity index is 1.89. The number of carbonyl (C=O) groups excluding carboxylic acids is 1. The molecule has 31 heavy (non-hydrogen) atoms. The number of hydrogen-bond acceptors (Lipinski definition) is 3. The summed E-state index contributed by atoms with van der Waals surface area (Å²) in [6, 6.07) is 2.49. The summed E-state index contributed by atoms with van der Waals surface area (Å²) in [5.41, 5.74) is 3.96. The van der Waals surface area contributed by atoms with Crippen LogP contribution in [0, 0.1) is 0 Å². The van der Waals surface area contributed by atoms with Crippen LogP contribution in [0.4, 0.5) is 0 Å². The second-order valence-electron chi connectivity index (χ2n) is 9.44. The molecule has 1 aliphatic heterocycles. The lowest BCUT2D eigenvalue weighted by Gasteiger charge is -2.25. The Kier molecular flexibility index (Phi) is 8.81. The SMILES string of the molecule is CCCCCCCCc1cc(C(C)(CC)CC)sc1-c1scc2c1C(=O)N(CCC)C2. The van der Waals surface area contributed by atoms with Gasteiger partial charge < -0.3 is 4.90 Å². The fourth-order valence-electron chi connectivity index (χ4n) is 4.60. The molecule has 0 saturated carbocycles. The van der Waals surface area contributed by atoms with Crippen molar-refractivity contribution in [1.82, 2.24) is 4.90 Å². The first-order valence-electron chi connectivity index (χ1n) is 12.5. The van der Waals surface area contributed by atoms with Crippen LogP contribution in [0.15, 0.2) is 11.4 Å². The van der Waals surface area contributed by atoms with Gasteiger partial charge in [0.15, 0.2) is 0 Å². The highest BCUT2D eigenvalue weighted by atomic mass is 32.1. The summed E-state index contributed by atoms with van der Waals surface area (Å²) in [5.74, 6) is 0.252. The van der Waals surface area contributed by atoms with Crippen molar-refractivity contribution in [3.05, 3.63) is 33.0 Å². The predicted octanol–water partition coefficient (Wildman–Crippen LogP) is 8.82. The second kappa shape index (κ2) is 11.1. The van der Waals surface area contributed by atoms with E-state index in [-0.39, 0.29) is 11.3 Å². The Labute approximate surface area is 198 Å². The molecule has 0 unspecified atom stereocenters. The Bertz CT molecular complexity index is 859. The number of carbonyl (C=O) groups is 1.